The highest BCUT2D eigenvalue weighted by molar-refractivity contribution is 5.38. The molecule has 102 valence electrons. The van der Waals surface area contributed by atoms with Gasteiger partial charge in [-0.1, -0.05) is 27.7 Å². The summed E-state index contributed by atoms with van der Waals surface area (Å²) in [5, 5.41) is 7.41. The van der Waals surface area contributed by atoms with Gasteiger partial charge in [0.05, 0.1) is 11.9 Å². The molecule has 0 atom stereocenters. The Labute approximate surface area is 109 Å². The number of rotatable bonds is 7. The fourth-order valence-electron chi connectivity index (χ4n) is 1.67. The van der Waals surface area contributed by atoms with E-state index in [9.17, 15) is 4.79 Å². The Morgan fingerprint density at radius 2 is 2.00 bits per heavy atom. The predicted molar refractivity (Wildman–Crippen MR) is 75.9 cm³/mol. The van der Waals surface area contributed by atoms with Crippen molar-refractivity contribution in [3.63, 3.8) is 0 Å². The van der Waals surface area contributed by atoms with E-state index in [2.05, 4.69) is 38.1 Å². The maximum atomic E-state index is 11.8. The lowest BCUT2D eigenvalue weighted by Gasteiger charge is -2.10. The van der Waals surface area contributed by atoms with Crippen molar-refractivity contribution < 1.29 is 0 Å². The molecule has 1 heterocycles. The van der Waals surface area contributed by atoms with Crippen molar-refractivity contribution in [2.75, 3.05) is 11.9 Å². The van der Waals surface area contributed by atoms with E-state index in [1.807, 2.05) is 0 Å². The van der Waals surface area contributed by atoms with Crippen LogP contribution in [0.4, 0.5) is 5.69 Å². The minimum atomic E-state index is -0.0208. The van der Waals surface area contributed by atoms with Crippen molar-refractivity contribution in [3.05, 3.63) is 22.6 Å². The number of anilines is 1. The molecule has 0 aliphatic rings. The third-order valence-corrected chi connectivity index (χ3v) is 2.74. The molecule has 0 spiro atoms. The van der Waals surface area contributed by atoms with Crippen LogP contribution in [0.25, 0.3) is 0 Å². The van der Waals surface area contributed by atoms with Crippen molar-refractivity contribution in [1.29, 1.82) is 0 Å². The third-order valence-electron chi connectivity index (χ3n) is 2.74. The highest BCUT2D eigenvalue weighted by atomic mass is 16.1. The summed E-state index contributed by atoms with van der Waals surface area (Å²) < 4.78 is 1.54. The van der Waals surface area contributed by atoms with Gasteiger partial charge in [0.2, 0.25) is 0 Å². The first kappa shape index (κ1) is 14.7. The van der Waals surface area contributed by atoms with E-state index in [1.165, 1.54) is 0 Å². The highest BCUT2D eigenvalue weighted by Gasteiger charge is 2.01. The Balaban J connectivity index is 2.54. The third kappa shape index (κ3) is 5.34. The van der Waals surface area contributed by atoms with Crippen LogP contribution < -0.4 is 10.9 Å². The second-order valence-corrected chi connectivity index (χ2v) is 5.62. The molecular weight excluding hydrogens is 226 g/mol. The fraction of sp³-hybridized carbons (Fsp3) is 0.714. The van der Waals surface area contributed by atoms with Gasteiger partial charge in [0, 0.05) is 19.2 Å². The van der Waals surface area contributed by atoms with Crippen LogP contribution in [0, 0.1) is 11.8 Å². The largest absolute Gasteiger partial charge is 0.383 e. The highest BCUT2D eigenvalue weighted by Crippen LogP contribution is 2.05. The average Bonchev–Trinajstić information content (AvgIpc) is 2.28. The fourth-order valence-corrected chi connectivity index (χ4v) is 1.67. The molecule has 0 aliphatic carbocycles. The molecule has 1 aromatic heterocycles. The Kier molecular flexibility index (Phi) is 5.89. The molecule has 0 fully saturated rings. The SMILES string of the molecule is CC(C)CCCn1ncc(NCC(C)C)cc1=O. The monoisotopic (exact) mass is 251 g/mol. The van der Waals surface area contributed by atoms with E-state index >= 15 is 0 Å². The zero-order valence-electron chi connectivity index (χ0n) is 11.9. The van der Waals surface area contributed by atoms with Crippen LogP contribution in [0.3, 0.4) is 0 Å². The van der Waals surface area contributed by atoms with E-state index in [1.54, 1.807) is 16.9 Å². The van der Waals surface area contributed by atoms with Crippen LogP contribution in [0.5, 0.6) is 0 Å². The van der Waals surface area contributed by atoms with Crippen LogP contribution in [0.2, 0.25) is 0 Å². The lowest BCUT2D eigenvalue weighted by molar-refractivity contribution is 0.477. The van der Waals surface area contributed by atoms with Crippen molar-refractivity contribution in [1.82, 2.24) is 9.78 Å². The molecule has 0 aliphatic heterocycles. The van der Waals surface area contributed by atoms with Gasteiger partial charge in [0.25, 0.3) is 5.56 Å². The molecule has 0 radical (unpaired) electrons. The number of aromatic nitrogens is 2. The molecule has 0 amide bonds. The maximum Gasteiger partial charge on any atom is 0.268 e. The smallest absolute Gasteiger partial charge is 0.268 e. The van der Waals surface area contributed by atoms with Gasteiger partial charge >= 0.3 is 0 Å². The van der Waals surface area contributed by atoms with Crippen LogP contribution in [0.15, 0.2) is 17.1 Å². The molecule has 4 heteroatoms. The predicted octanol–water partition coefficient (Wildman–Crippen LogP) is 2.75. The van der Waals surface area contributed by atoms with Crippen LogP contribution >= 0.6 is 0 Å². The summed E-state index contributed by atoms with van der Waals surface area (Å²) in [4.78, 5) is 11.8. The van der Waals surface area contributed by atoms with Gasteiger partial charge in [-0.05, 0) is 24.7 Å². The molecule has 1 aromatic rings. The Bertz CT molecular complexity index is 410. The van der Waals surface area contributed by atoms with Crippen molar-refractivity contribution in [2.45, 2.75) is 47.1 Å². The van der Waals surface area contributed by atoms with Gasteiger partial charge < -0.3 is 5.32 Å². The molecular formula is C14H25N3O. The molecule has 0 unspecified atom stereocenters. The normalized spacial score (nSPS) is 11.2. The maximum absolute atomic E-state index is 11.8. The standard InChI is InChI=1S/C14H25N3O/c1-11(2)6-5-7-17-14(18)8-13(10-16-17)15-9-12(3)4/h8,10-12,15H,5-7,9H2,1-4H3. The van der Waals surface area contributed by atoms with Crippen LogP contribution in [-0.4, -0.2) is 16.3 Å². The zero-order chi connectivity index (χ0) is 13.5. The molecule has 1 N–H and O–H groups in total. The van der Waals surface area contributed by atoms with Gasteiger partial charge in [0.1, 0.15) is 0 Å². The Morgan fingerprint density at radius 3 is 2.56 bits per heavy atom. The van der Waals surface area contributed by atoms with Gasteiger partial charge in [0.15, 0.2) is 0 Å². The molecule has 0 saturated carbocycles. The number of nitrogens with zero attached hydrogens (tertiary/aromatic N) is 2. The molecule has 0 aromatic carbocycles. The second kappa shape index (κ2) is 7.19. The second-order valence-electron chi connectivity index (χ2n) is 5.62. The summed E-state index contributed by atoms with van der Waals surface area (Å²) in [6, 6.07) is 1.63. The van der Waals surface area contributed by atoms with E-state index in [-0.39, 0.29) is 5.56 Å². The Hall–Kier alpha value is -1.32. The summed E-state index contributed by atoms with van der Waals surface area (Å²) in [5.74, 6) is 1.23. The number of hydrogen-bond donors (Lipinski definition) is 1. The van der Waals surface area contributed by atoms with Crippen molar-refractivity contribution in [2.24, 2.45) is 11.8 Å². The first-order chi connectivity index (χ1) is 8.49. The van der Waals surface area contributed by atoms with Crippen molar-refractivity contribution in [3.8, 4) is 0 Å². The van der Waals surface area contributed by atoms with E-state index in [0.29, 0.717) is 18.4 Å². The first-order valence-electron chi connectivity index (χ1n) is 6.80. The summed E-state index contributed by atoms with van der Waals surface area (Å²) in [7, 11) is 0. The van der Waals surface area contributed by atoms with Gasteiger partial charge in [-0.25, -0.2) is 4.68 Å². The topological polar surface area (TPSA) is 46.9 Å². The number of hydrogen-bond acceptors (Lipinski definition) is 3. The molecule has 1 rings (SSSR count). The van der Waals surface area contributed by atoms with E-state index < -0.39 is 0 Å². The molecule has 0 bridgehead atoms. The molecule has 4 nitrogen and oxygen atoms in total. The lowest BCUT2D eigenvalue weighted by Crippen LogP contribution is -2.23. The number of aryl methyl sites for hydroxylation is 1. The quantitative estimate of drug-likeness (QED) is 0.810. The minimum absolute atomic E-state index is 0.0208. The first-order valence-corrected chi connectivity index (χ1v) is 6.80. The Morgan fingerprint density at radius 1 is 1.28 bits per heavy atom. The molecule has 18 heavy (non-hydrogen) atoms. The van der Waals surface area contributed by atoms with Crippen molar-refractivity contribution >= 4 is 5.69 Å². The minimum Gasteiger partial charge on any atom is -0.383 e. The number of nitrogens with one attached hydrogen (secondary N) is 1. The average molecular weight is 251 g/mol. The summed E-state index contributed by atoms with van der Waals surface area (Å²) >= 11 is 0. The van der Waals surface area contributed by atoms with Crippen LogP contribution in [0.1, 0.15) is 40.5 Å². The lowest BCUT2D eigenvalue weighted by atomic mass is 10.1. The van der Waals surface area contributed by atoms with Gasteiger partial charge in [-0.2, -0.15) is 5.10 Å². The summed E-state index contributed by atoms with van der Waals surface area (Å²) in [6.07, 6.45) is 3.87. The van der Waals surface area contributed by atoms with E-state index in [0.717, 1.165) is 25.1 Å². The summed E-state index contributed by atoms with van der Waals surface area (Å²) in [6.45, 7) is 10.2. The van der Waals surface area contributed by atoms with Crippen LogP contribution in [-0.2, 0) is 6.54 Å². The van der Waals surface area contributed by atoms with Gasteiger partial charge in [-0.15, -0.1) is 0 Å². The zero-order valence-corrected chi connectivity index (χ0v) is 11.9. The molecule has 0 saturated heterocycles. The van der Waals surface area contributed by atoms with E-state index in [4.69, 9.17) is 0 Å². The summed E-state index contributed by atoms with van der Waals surface area (Å²) in [5.41, 5.74) is 0.793. The van der Waals surface area contributed by atoms with Gasteiger partial charge in [-0.3, -0.25) is 4.79 Å².